The molecule has 0 aromatic heterocycles. The number of hydrogen-bond donors (Lipinski definition) is 0. The van der Waals surface area contributed by atoms with Gasteiger partial charge in [0.15, 0.2) is 69.8 Å². The van der Waals surface area contributed by atoms with Gasteiger partial charge >= 0.3 is 153 Å². The quantitative estimate of drug-likeness (QED) is 0.0781. The summed E-state index contributed by atoms with van der Waals surface area (Å²) in [6.45, 7) is 23.8. The standard InChI is InChI=1S/C24BF20.2C10H15.Nd/c26-5-1(6(27)14(35)21(42)13(5)34)25(2-7(28)15(36)22(43)16(37)8(2)29,3-9(30)17(38)23(44)18(39)10(3)31)4-11(32)19(40)24(45)20(41)12(4)33;2*1-7-6-10(4,5)9(3)8(7)2;/h;2*1-5H3;/q-1;;;+1. The minimum atomic E-state index is -7.22. The molecule has 0 saturated carbocycles. The van der Waals surface area contributed by atoms with Gasteiger partial charge in [-0.2, -0.15) is 0 Å². The van der Waals surface area contributed by atoms with Crippen LogP contribution in [0.3, 0.4) is 0 Å². The molecule has 0 amide bonds. The van der Waals surface area contributed by atoms with Gasteiger partial charge in [0.2, 0.25) is 0 Å². The second-order valence-corrected chi connectivity index (χ2v) is 20.7. The van der Waals surface area contributed by atoms with Gasteiger partial charge in [0.05, 0.1) is 0 Å². The Morgan fingerprint density at radius 1 is 0.258 bits per heavy atom. The molecular formula is C44H30BF20Nd. The molecule has 4 aromatic rings. The Balaban J connectivity index is 0.000000324. The second kappa shape index (κ2) is 17.7. The van der Waals surface area contributed by atoms with Crippen molar-refractivity contribution >= 4 is 28.0 Å². The molecule has 2 aliphatic carbocycles. The number of benzene rings is 4. The van der Waals surface area contributed by atoms with Gasteiger partial charge in [-0.15, -0.1) is 21.9 Å². The molecule has 0 heterocycles. The Hall–Kier alpha value is -4.14. The van der Waals surface area contributed by atoms with Gasteiger partial charge in [-0.05, 0) is 0 Å². The van der Waals surface area contributed by atoms with Crippen molar-refractivity contribution in [2.24, 2.45) is 10.8 Å². The molecule has 0 N–H and O–H groups in total. The SMILES string of the molecule is CC1=C(C)C(C)(C)[C]([Nd+][C]2=C(C)C(C)=C(C)C2(C)C)=C1C.Fc1c(F)c(F)c([B-](c2c(F)c(F)c(F)c(F)c2F)(c2c(F)c(F)c(F)c(F)c2F)c2c(F)c(F)c(F)c(F)c2F)c(F)c1F. The Morgan fingerprint density at radius 2 is 0.409 bits per heavy atom. The maximum atomic E-state index is 15.4. The average Bonchev–Trinajstić information content (AvgIpc) is 3.50. The molecule has 6 rings (SSSR count). The summed E-state index contributed by atoms with van der Waals surface area (Å²) >= 11 is -0.997. The molecule has 0 radical (unpaired) electrons. The number of allylic oxidation sites excluding steroid dienone is 8. The van der Waals surface area contributed by atoms with E-state index < -0.39 is 181 Å². The molecule has 0 bridgehead atoms. The van der Waals surface area contributed by atoms with E-state index in [9.17, 15) is 52.7 Å². The van der Waals surface area contributed by atoms with Crippen LogP contribution in [-0.2, 0) is 0 Å². The third kappa shape index (κ3) is 7.36. The van der Waals surface area contributed by atoms with Gasteiger partial charge in [0, 0.05) is 0 Å². The van der Waals surface area contributed by atoms with E-state index in [-0.39, 0.29) is 0 Å². The first-order valence-electron chi connectivity index (χ1n) is 18.9. The van der Waals surface area contributed by atoms with E-state index in [4.69, 9.17) is 0 Å². The van der Waals surface area contributed by atoms with Gasteiger partial charge in [-0.25, -0.2) is 87.8 Å². The minimum absolute atomic E-state index is 0.297. The fourth-order valence-corrected chi connectivity index (χ4v) is 15.1. The summed E-state index contributed by atoms with van der Waals surface area (Å²) in [7, 11) is 0. The molecule has 0 nitrogen and oxygen atoms in total. The summed E-state index contributed by atoms with van der Waals surface area (Å²) in [6.07, 6.45) is -7.22. The molecule has 4 aromatic carbocycles. The average molecular weight is 1090 g/mol. The Kier molecular flexibility index (Phi) is 14.2. The Labute approximate surface area is 382 Å². The first-order valence-corrected chi connectivity index (χ1v) is 22.1. The van der Waals surface area contributed by atoms with Crippen LogP contribution in [0.5, 0.6) is 0 Å². The van der Waals surface area contributed by atoms with Gasteiger partial charge in [-0.1, -0.05) is 0 Å². The summed E-state index contributed by atoms with van der Waals surface area (Å²) in [6, 6.07) is 0. The predicted octanol–water partition coefficient (Wildman–Crippen LogP) is 12.2. The van der Waals surface area contributed by atoms with Crippen LogP contribution in [0.25, 0.3) is 0 Å². The van der Waals surface area contributed by atoms with E-state index in [1.165, 1.54) is 0 Å². The second-order valence-electron chi connectivity index (χ2n) is 16.7. The zero-order chi connectivity index (χ0) is 50.7. The normalized spacial score (nSPS) is 16.0. The van der Waals surface area contributed by atoms with Crippen molar-refractivity contribution in [1.82, 2.24) is 0 Å². The van der Waals surface area contributed by atoms with Crippen LogP contribution in [0.2, 0.25) is 0 Å². The van der Waals surface area contributed by atoms with Crippen molar-refractivity contribution in [2.75, 3.05) is 0 Å². The van der Waals surface area contributed by atoms with Gasteiger partial charge in [0.1, 0.15) is 52.7 Å². The van der Waals surface area contributed by atoms with Crippen molar-refractivity contribution < 1.29 is 125 Å². The maximum Gasteiger partial charge on any atom is 0.200 e. The van der Waals surface area contributed by atoms with Gasteiger partial charge < -0.3 is 0 Å². The molecule has 2 aliphatic rings. The number of halogens is 20. The Morgan fingerprint density at radius 3 is 0.545 bits per heavy atom. The van der Waals surface area contributed by atoms with E-state index in [0.29, 0.717) is 10.8 Å². The van der Waals surface area contributed by atoms with E-state index in [0.717, 1.165) is 0 Å². The smallest absolute Gasteiger partial charge is 0.200 e. The van der Waals surface area contributed by atoms with Crippen LogP contribution in [0.1, 0.15) is 69.2 Å². The van der Waals surface area contributed by atoms with E-state index in [1.807, 2.05) is 2.45 Å². The van der Waals surface area contributed by atoms with E-state index in [2.05, 4.69) is 69.2 Å². The van der Waals surface area contributed by atoms with Crippen molar-refractivity contribution in [2.45, 2.75) is 69.2 Å². The van der Waals surface area contributed by atoms with Crippen LogP contribution in [0.4, 0.5) is 87.8 Å². The zero-order valence-electron chi connectivity index (χ0n) is 35.6. The molecule has 0 fully saturated rings. The molecule has 353 valence electrons. The van der Waals surface area contributed by atoms with E-state index in [1.54, 1.807) is 33.4 Å². The molecule has 0 spiro atoms. The van der Waals surface area contributed by atoms with Crippen LogP contribution in [0, 0.1) is 164 Å². The zero-order valence-corrected chi connectivity index (χ0v) is 38.8. The largest absolute Gasteiger partial charge is 0.207 e. The fourth-order valence-electron chi connectivity index (χ4n) is 8.69. The summed E-state index contributed by atoms with van der Waals surface area (Å²) in [5.41, 5.74) is -4.22. The van der Waals surface area contributed by atoms with Gasteiger partial charge in [0.25, 0.3) is 0 Å². The van der Waals surface area contributed by atoms with Gasteiger partial charge in [-0.3, -0.25) is 0 Å². The van der Waals surface area contributed by atoms with Crippen molar-refractivity contribution in [3.63, 3.8) is 0 Å². The molecule has 22 heteroatoms. The number of rotatable bonds is 6. The molecular weight excluding hydrogens is 1060 g/mol. The van der Waals surface area contributed by atoms with E-state index >= 15 is 35.1 Å². The molecule has 0 unspecified atom stereocenters. The van der Waals surface area contributed by atoms with Crippen molar-refractivity contribution in [3.8, 4) is 0 Å². The third-order valence-corrected chi connectivity index (χ3v) is 21.1. The molecule has 0 saturated heterocycles. The Bertz CT molecular complexity index is 2500. The maximum absolute atomic E-state index is 15.4. The summed E-state index contributed by atoms with van der Waals surface area (Å²) < 4.78 is 298. The predicted molar refractivity (Wildman–Crippen MR) is 199 cm³/mol. The van der Waals surface area contributed by atoms with Crippen molar-refractivity contribution in [1.29, 1.82) is 0 Å². The summed E-state index contributed by atoms with van der Waals surface area (Å²) in [5.74, 6) is -71.4. The summed E-state index contributed by atoms with van der Waals surface area (Å²) in [5, 5.41) is 0. The molecule has 0 atom stereocenters. The topological polar surface area (TPSA) is 0 Å². The monoisotopic (exact) mass is 1090 g/mol. The van der Waals surface area contributed by atoms with Crippen LogP contribution < -0.4 is 21.9 Å². The molecule has 66 heavy (non-hydrogen) atoms. The third-order valence-electron chi connectivity index (χ3n) is 13.1. The minimum Gasteiger partial charge on any atom is -0.207 e. The first-order chi connectivity index (χ1) is 30.1. The van der Waals surface area contributed by atoms with Crippen molar-refractivity contribution in [3.05, 3.63) is 152 Å². The molecule has 0 aliphatic heterocycles. The number of hydrogen-bond acceptors (Lipinski definition) is 0. The fraction of sp³-hybridized carbons (Fsp3) is 0.273. The van der Waals surface area contributed by atoms with Crippen LogP contribution >= 0.6 is 0 Å². The first kappa shape index (κ1) is 52.8. The summed E-state index contributed by atoms with van der Waals surface area (Å²) in [4.78, 5) is 0. The van der Waals surface area contributed by atoms with Crippen LogP contribution in [-0.4, -0.2) is 6.15 Å². The van der Waals surface area contributed by atoms with Crippen LogP contribution in [0.15, 0.2) is 35.9 Å².